The molecule has 3 aromatic heterocycles. The number of benzene rings is 7. The predicted molar refractivity (Wildman–Crippen MR) is 239 cm³/mol. The van der Waals surface area contributed by atoms with Crippen molar-refractivity contribution in [2.24, 2.45) is 0 Å². The van der Waals surface area contributed by atoms with Gasteiger partial charge in [0.05, 0.1) is 10.9 Å². The van der Waals surface area contributed by atoms with Crippen molar-refractivity contribution in [1.82, 2.24) is 4.57 Å². The number of aromatic nitrogens is 1. The molecular formula is C50H40BN2OS. The summed E-state index contributed by atoms with van der Waals surface area (Å²) in [5, 5.41) is 11.1. The fourth-order valence-corrected chi connectivity index (χ4v) is 9.96. The molecule has 0 saturated heterocycles. The first-order valence-corrected chi connectivity index (χ1v) is 20.1. The highest BCUT2D eigenvalue weighted by atomic mass is 32.1. The van der Waals surface area contributed by atoms with E-state index < -0.39 is 0 Å². The van der Waals surface area contributed by atoms with Gasteiger partial charge in [-0.1, -0.05) is 114 Å². The SMILES string of the molecule is CC(C)(C)c1ccc(Nc2ccc(C(C)(C)C)cc2-c2ccc3c4c5oc6ccccc6c5ccc4n4c3c2[B]c2cc3sc5ccccc5c3cc2-4)cc1. The number of anilines is 2. The maximum Gasteiger partial charge on any atom is 0.197 e. The zero-order chi connectivity index (χ0) is 37.4. The fraction of sp³-hybridized carbons (Fsp3) is 0.160. The molecule has 4 heterocycles. The topological polar surface area (TPSA) is 30.1 Å². The molecule has 1 aliphatic rings. The Morgan fingerprint density at radius 1 is 0.600 bits per heavy atom. The first-order valence-electron chi connectivity index (χ1n) is 19.3. The fourth-order valence-electron chi connectivity index (χ4n) is 8.82. The number of nitrogens with one attached hydrogen (secondary N) is 1. The van der Waals surface area contributed by atoms with Crippen molar-refractivity contribution >= 4 is 105 Å². The first kappa shape index (κ1) is 32.6. The van der Waals surface area contributed by atoms with E-state index in [1.165, 1.54) is 69.9 Å². The zero-order valence-electron chi connectivity index (χ0n) is 32.0. The van der Waals surface area contributed by atoms with E-state index in [0.29, 0.717) is 0 Å². The van der Waals surface area contributed by atoms with Crippen LogP contribution in [0.15, 0.2) is 132 Å². The smallest absolute Gasteiger partial charge is 0.197 e. The first-order chi connectivity index (χ1) is 26.5. The van der Waals surface area contributed by atoms with Crippen LogP contribution in [0.3, 0.4) is 0 Å². The molecular weight excluding hydrogens is 687 g/mol. The Morgan fingerprint density at radius 2 is 1.33 bits per heavy atom. The zero-order valence-corrected chi connectivity index (χ0v) is 32.8. The third-order valence-electron chi connectivity index (χ3n) is 11.7. The molecule has 0 bridgehead atoms. The van der Waals surface area contributed by atoms with Crippen molar-refractivity contribution in [3.05, 3.63) is 139 Å². The predicted octanol–water partition coefficient (Wildman–Crippen LogP) is 13.0. The molecule has 0 saturated carbocycles. The lowest BCUT2D eigenvalue weighted by Crippen LogP contribution is -2.37. The summed E-state index contributed by atoms with van der Waals surface area (Å²) in [6.07, 6.45) is 0. The molecule has 0 fully saturated rings. The van der Waals surface area contributed by atoms with E-state index in [0.717, 1.165) is 44.2 Å². The molecule has 3 nitrogen and oxygen atoms in total. The van der Waals surface area contributed by atoms with Crippen molar-refractivity contribution < 1.29 is 4.42 Å². The Bertz CT molecular complexity index is 3220. The van der Waals surface area contributed by atoms with E-state index in [4.69, 9.17) is 4.42 Å². The highest BCUT2D eigenvalue weighted by molar-refractivity contribution is 7.26. The Labute approximate surface area is 325 Å². The monoisotopic (exact) mass is 727 g/mol. The number of fused-ring (bicyclic) bond motifs is 12. The minimum absolute atomic E-state index is 0.0200. The summed E-state index contributed by atoms with van der Waals surface area (Å²) in [5.74, 6) is 0. The standard InChI is InChI=1S/C50H40BN2OS/c1-49(2,3)28-15-18-30(19-16-28)52-39-23-17-29(50(4,5)6)25-36(39)33-20-21-35-45-40(24-22-34-31-11-7-9-13-42(31)54-48(34)45)53-41-26-37-32-12-8-10-14-43(32)55-44(37)27-38(41)51-46(33)47(35)53/h7-27,52H,1-6H3. The Morgan fingerprint density at radius 3 is 2.13 bits per heavy atom. The van der Waals surface area contributed by atoms with Gasteiger partial charge in [0.2, 0.25) is 0 Å². The lowest BCUT2D eigenvalue weighted by molar-refractivity contribution is 0.590. The van der Waals surface area contributed by atoms with E-state index in [1.54, 1.807) is 0 Å². The summed E-state index contributed by atoms with van der Waals surface area (Å²) in [5.41, 5.74) is 15.2. The highest BCUT2D eigenvalue weighted by Crippen LogP contribution is 2.44. The van der Waals surface area contributed by atoms with Gasteiger partial charge in [0.25, 0.3) is 0 Å². The van der Waals surface area contributed by atoms with Gasteiger partial charge in [-0.15, -0.1) is 11.3 Å². The third-order valence-corrected chi connectivity index (χ3v) is 12.9. The number of thiophene rings is 1. The molecule has 0 atom stereocenters. The van der Waals surface area contributed by atoms with Crippen LogP contribution in [0.5, 0.6) is 0 Å². The molecule has 5 heteroatoms. The molecule has 55 heavy (non-hydrogen) atoms. The summed E-state index contributed by atoms with van der Waals surface area (Å²) >= 11 is 1.88. The van der Waals surface area contributed by atoms with Crippen LogP contribution in [-0.2, 0) is 10.8 Å². The van der Waals surface area contributed by atoms with Crippen molar-refractivity contribution in [2.45, 2.75) is 52.4 Å². The van der Waals surface area contributed by atoms with Gasteiger partial charge < -0.3 is 14.3 Å². The van der Waals surface area contributed by atoms with Crippen LogP contribution in [-0.4, -0.2) is 11.8 Å². The van der Waals surface area contributed by atoms with E-state index in [2.05, 4.69) is 186 Å². The van der Waals surface area contributed by atoms with E-state index in [-0.39, 0.29) is 10.8 Å². The largest absolute Gasteiger partial charge is 0.455 e. The second-order valence-electron chi connectivity index (χ2n) is 17.3. The Balaban J connectivity index is 1.21. The van der Waals surface area contributed by atoms with E-state index >= 15 is 0 Å². The van der Waals surface area contributed by atoms with Gasteiger partial charge in [-0.2, -0.15) is 0 Å². The lowest BCUT2D eigenvalue weighted by Gasteiger charge is -2.26. The van der Waals surface area contributed by atoms with Crippen molar-refractivity contribution in [3.8, 4) is 16.8 Å². The Kier molecular flexibility index (Phi) is 6.75. The normalized spacial score (nSPS) is 13.1. The average Bonchev–Trinajstić information content (AvgIpc) is 3.84. The van der Waals surface area contributed by atoms with Gasteiger partial charge in [-0.3, -0.25) is 0 Å². The molecule has 7 aromatic carbocycles. The second kappa shape index (κ2) is 11.4. The maximum atomic E-state index is 6.75. The van der Waals surface area contributed by atoms with Gasteiger partial charge in [0.15, 0.2) is 7.28 Å². The summed E-state index contributed by atoms with van der Waals surface area (Å²) < 4.78 is 11.9. The summed E-state index contributed by atoms with van der Waals surface area (Å²) in [7, 11) is 2.44. The van der Waals surface area contributed by atoms with Crippen LogP contribution in [0.1, 0.15) is 52.7 Å². The molecule has 0 spiro atoms. The number of furan rings is 1. The molecule has 11 rings (SSSR count). The molecule has 1 N–H and O–H groups in total. The number of hydrogen-bond donors (Lipinski definition) is 1. The van der Waals surface area contributed by atoms with Gasteiger partial charge in [0.1, 0.15) is 11.2 Å². The summed E-state index contributed by atoms with van der Waals surface area (Å²) in [4.78, 5) is 0. The van der Waals surface area contributed by atoms with Crippen molar-refractivity contribution in [2.75, 3.05) is 5.32 Å². The third kappa shape index (κ3) is 4.89. The van der Waals surface area contributed by atoms with Crippen LogP contribution in [0.4, 0.5) is 11.4 Å². The van der Waals surface area contributed by atoms with Crippen molar-refractivity contribution in [3.63, 3.8) is 0 Å². The number of para-hydroxylation sites is 1. The van der Waals surface area contributed by atoms with E-state index in [1.807, 2.05) is 11.3 Å². The van der Waals surface area contributed by atoms with Crippen LogP contribution < -0.4 is 16.2 Å². The van der Waals surface area contributed by atoms with Crippen molar-refractivity contribution in [1.29, 1.82) is 0 Å². The highest BCUT2D eigenvalue weighted by Gasteiger charge is 2.29. The molecule has 0 unspecified atom stereocenters. The molecule has 1 aliphatic heterocycles. The lowest BCUT2D eigenvalue weighted by atomic mass is 9.59. The van der Waals surface area contributed by atoms with Crippen LogP contribution >= 0.6 is 11.3 Å². The van der Waals surface area contributed by atoms with Crippen LogP contribution in [0, 0.1) is 0 Å². The molecule has 0 aliphatic carbocycles. The minimum atomic E-state index is -0.0200. The molecule has 10 aromatic rings. The molecule has 265 valence electrons. The van der Waals surface area contributed by atoms with Gasteiger partial charge in [-0.25, -0.2) is 0 Å². The Hall–Kier alpha value is -5.78. The van der Waals surface area contributed by atoms with Gasteiger partial charge in [0, 0.05) is 64.5 Å². The molecule has 1 radical (unpaired) electrons. The average molecular weight is 728 g/mol. The molecule has 0 amide bonds. The number of rotatable bonds is 3. The number of hydrogen-bond acceptors (Lipinski definition) is 3. The summed E-state index contributed by atoms with van der Waals surface area (Å²) in [6.45, 7) is 13.7. The summed E-state index contributed by atoms with van der Waals surface area (Å²) in [6, 6.07) is 47.2. The van der Waals surface area contributed by atoms with E-state index in [9.17, 15) is 0 Å². The van der Waals surface area contributed by atoms with Gasteiger partial charge >= 0.3 is 0 Å². The maximum absolute atomic E-state index is 6.75. The second-order valence-corrected chi connectivity index (χ2v) is 18.4. The van der Waals surface area contributed by atoms with Crippen LogP contribution in [0.2, 0.25) is 0 Å². The van der Waals surface area contributed by atoms with Crippen LogP contribution in [0.25, 0.3) is 80.7 Å². The van der Waals surface area contributed by atoms with Gasteiger partial charge in [-0.05, 0) is 93.6 Å². The quantitative estimate of drug-likeness (QED) is 0.184. The number of nitrogens with zero attached hydrogens (tertiary/aromatic N) is 1. The minimum Gasteiger partial charge on any atom is -0.455 e.